The van der Waals surface area contributed by atoms with Crippen molar-refractivity contribution in [3.05, 3.63) is 29.8 Å². The van der Waals surface area contributed by atoms with Gasteiger partial charge < -0.3 is 10.5 Å². The average Bonchev–Trinajstić information content (AvgIpc) is 2.36. The van der Waals surface area contributed by atoms with E-state index in [1.807, 2.05) is 0 Å². The molecule has 1 unspecified atom stereocenters. The van der Waals surface area contributed by atoms with E-state index in [2.05, 4.69) is 72.7 Å². The molecule has 120 valence electrons. The van der Waals surface area contributed by atoms with Gasteiger partial charge in [0.2, 0.25) is 0 Å². The summed E-state index contributed by atoms with van der Waals surface area (Å²) in [4.78, 5) is 0. The zero-order valence-electron chi connectivity index (χ0n) is 14.9. The minimum Gasteiger partial charge on any atom is -0.486 e. The van der Waals surface area contributed by atoms with E-state index < -0.39 is 0 Å². The molecule has 0 aliphatic rings. The molecule has 1 atom stereocenters. The maximum Gasteiger partial charge on any atom is 0.120 e. The summed E-state index contributed by atoms with van der Waals surface area (Å²) in [6, 6.07) is 8.52. The van der Waals surface area contributed by atoms with Crippen LogP contribution in [0.4, 0.5) is 0 Å². The highest BCUT2D eigenvalue weighted by Crippen LogP contribution is 2.36. The van der Waals surface area contributed by atoms with Gasteiger partial charge >= 0.3 is 0 Å². The van der Waals surface area contributed by atoms with E-state index in [-0.39, 0.29) is 11.0 Å². The smallest absolute Gasteiger partial charge is 0.120 e. The molecule has 0 saturated heterocycles. The summed E-state index contributed by atoms with van der Waals surface area (Å²) in [5.41, 5.74) is 7.37. The molecule has 1 aromatic rings. The Labute approximate surface area is 131 Å². The summed E-state index contributed by atoms with van der Waals surface area (Å²) in [7, 11) is 0. The quantitative estimate of drug-likeness (QED) is 0.808. The number of hydrogen-bond acceptors (Lipinski definition) is 2. The van der Waals surface area contributed by atoms with Crippen LogP contribution in [0, 0.1) is 5.41 Å². The maximum absolute atomic E-state index is 6.04. The van der Waals surface area contributed by atoms with Crippen LogP contribution in [0.5, 0.6) is 5.75 Å². The third-order valence-electron chi connectivity index (χ3n) is 4.15. The number of nitrogens with two attached hydrogens (primary N) is 1. The second kappa shape index (κ2) is 6.39. The molecule has 2 heteroatoms. The van der Waals surface area contributed by atoms with Crippen molar-refractivity contribution in [3.63, 3.8) is 0 Å². The van der Waals surface area contributed by atoms with Crippen molar-refractivity contribution in [2.45, 2.75) is 72.3 Å². The Balaban J connectivity index is 2.87. The van der Waals surface area contributed by atoms with Gasteiger partial charge in [-0.05, 0) is 48.3 Å². The van der Waals surface area contributed by atoms with Gasteiger partial charge in [0.25, 0.3) is 0 Å². The summed E-state index contributed by atoms with van der Waals surface area (Å²) in [5, 5.41) is 0. The van der Waals surface area contributed by atoms with Gasteiger partial charge in [-0.3, -0.25) is 0 Å². The Hall–Kier alpha value is -1.02. The van der Waals surface area contributed by atoms with Crippen LogP contribution in [0.3, 0.4) is 0 Å². The van der Waals surface area contributed by atoms with Crippen molar-refractivity contribution in [2.75, 3.05) is 6.54 Å². The van der Waals surface area contributed by atoms with Gasteiger partial charge in [-0.2, -0.15) is 0 Å². The molecule has 21 heavy (non-hydrogen) atoms. The third-order valence-corrected chi connectivity index (χ3v) is 4.15. The van der Waals surface area contributed by atoms with Gasteiger partial charge in [-0.25, -0.2) is 0 Å². The fourth-order valence-electron chi connectivity index (χ4n) is 2.94. The van der Waals surface area contributed by atoms with Crippen LogP contribution in [-0.4, -0.2) is 12.1 Å². The number of ether oxygens (including phenoxy) is 1. The zero-order chi connectivity index (χ0) is 16.3. The lowest BCUT2D eigenvalue weighted by Crippen LogP contribution is -2.39. The highest BCUT2D eigenvalue weighted by molar-refractivity contribution is 5.32. The van der Waals surface area contributed by atoms with Crippen LogP contribution in [0.25, 0.3) is 0 Å². The van der Waals surface area contributed by atoms with E-state index in [0.29, 0.717) is 12.0 Å². The normalized spacial score (nSPS) is 15.6. The van der Waals surface area contributed by atoms with Gasteiger partial charge in [-0.15, -0.1) is 0 Å². The summed E-state index contributed by atoms with van der Waals surface area (Å²) >= 11 is 0. The second-order valence-corrected chi connectivity index (χ2v) is 8.26. The van der Waals surface area contributed by atoms with E-state index in [1.54, 1.807) is 0 Å². The summed E-state index contributed by atoms with van der Waals surface area (Å²) in [6.07, 6.45) is 2.05. The minimum atomic E-state index is -0.275. The van der Waals surface area contributed by atoms with Crippen LogP contribution >= 0.6 is 0 Å². The third kappa shape index (κ3) is 5.35. The van der Waals surface area contributed by atoms with Crippen molar-refractivity contribution in [1.29, 1.82) is 0 Å². The summed E-state index contributed by atoms with van der Waals surface area (Å²) in [5.74, 6) is 0.903. The molecule has 0 spiro atoms. The molecule has 1 rings (SSSR count). The van der Waals surface area contributed by atoms with Crippen molar-refractivity contribution in [1.82, 2.24) is 0 Å². The van der Waals surface area contributed by atoms with Gasteiger partial charge in [0, 0.05) is 6.54 Å². The molecule has 0 heterocycles. The van der Waals surface area contributed by atoms with Gasteiger partial charge in [0.15, 0.2) is 0 Å². The molecule has 0 amide bonds. The molecule has 0 aromatic heterocycles. The van der Waals surface area contributed by atoms with E-state index in [9.17, 15) is 0 Å². The fourth-order valence-corrected chi connectivity index (χ4v) is 2.94. The van der Waals surface area contributed by atoms with Crippen molar-refractivity contribution in [2.24, 2.45) is 11.1 Å². The largest absolute Gasteiger partial charge is 0.486 e. The van der Waals surface area contributed by atoms with Crippen molar-refractivity contribution in [3.8, 4) is 5.75 Å². The average molecular weight is 291 g/mol. The number of rotatable bonds is 6. The molecule has 0 fully saturated rings. The lowest BCUT2D eigenvalue weighted by Gasteiger charge is -2.33. The molecule has 1 aromatic carbocycles. The fraction of sp³-hybridized carbons (Fsp3) is 0.684. The predicted molar refractivity (Wildman–Crippen MR) is 91.9 cm³/mol. The van der Waals surface area contributed by atoms with Gasteiger partial charge in [0.1, 0.15) is 11.4 Å². The highest BCUT2D eigenvalue weighted by atomic mass is 16.5. The Kier molecular flexibility index (Phi) is 5.49. The van der Waals surface area contributed by atoms with Crippen molar-refractivity contribution < 1.29 is 4.74 Å². The van der Waals surface area contributed by atoms with E-state index >= 15 is 0 Å². The molecule has 0 saturated carbocycles. The van der Waals surface area contributed by atoms with Crippen molar-refractivity contribution >= 4 is 0 Å². The molecule has 0 radical (unpaired) electrons. The van der Waals surface area contributed by atoms with Crippen LogP contribution in [-0.2, 0) is 5.41 Å². The molecule has 0 aliphatic heterocycles. The Bertz CT molecular complexity index is 436. The molecule has 2 N–H and O–H groups in total. The zero-order valence-corrected chi connectivity index (χ0v) is 14.9. The lowest BCUT2D eigenvalue weighted by molar-refractivity contribution is 0.0935. The Morgan fingerprint density at radius 2 is 1.48 bits per heavy atom. The first-order valence-corrected chi connectivity index (χ1v) is 8.01. The van der Waals surface area contributed by atoms with E-state index in [4.69, 9.17) is 10.5 Å². The van der Waals surface area contributed by atoms with E-state index in [1.165, 1.54) is 5.56 Å². The molecule has 2 nitrogen and oxygen atoms in total. The summed E-state index contributed by atoms with van der Waals surface area (Å²) in [6.45, 7) is 16.2. The molecule has 0 bridgehead atoms. The molecular weight excluding hydrogens is 258 g/mol. The maximum atomic E-state index is 6.04. The van der Waals surface area contributed by atoms with Crippen LogP contribution in [0.2, 0.25) is 0 Å². The SMILES string of the molecule is CCC(C)(CN)Oc1ccc(C(C)(C)CC(C)(C)C)cc1. The van der Waals surface area contributed by atoms with Gasteiger partial charge in [-0.1, -0.05) is 53.7 Å². The first-order valence-electron chi connectivity index (χ1n) is 8.01. The molecular formula is C19H33NO. The number of hydrogen-bond donors (Lipinski definition) is 1. The second-order valence-electron chi connectivity index (χ2n) is 8.26. The Morgan fingerprint density at radius 3 is 1.86 bits per heavy atom. The molecule has 0 aliphatic carbocycles. The topological polar surface area (TPSA) is 35.2 Å². The lowest BCUT2D eigenvalue weighted by atomic mass is 9.72. The van der Waals surface area contributed by atoms with Crippen LogP contribution < -0.4 is 10.5 Å². The van der Waals surface area contributed by atoms with Crippen LogP contribution in [0.15, 0.2) is 24.3 Å². The monoisotopic (exact) mass is 291 g/mol. The Morgan fingerprint density at radius 1 is 0.952 bits per heavy atom. The number of benzene rings is 1. The van der Waals surface area contributed by atoms with E-state index in [0.717, 1.165) is 18.6 Å². The van der Waals surface area contributed by atoms with Crippen LogP contribution in [0.1, 0.15) is 66.9 Å². The standard InChI is InChI=1S/C19H33NO/c1-8-19(7,14-20)21-16-11-9-15(10-12-16)18(5,6)13-17(2,3)4/h9-12H,8,13-14,20H2,1-7H3. The highest BCUT2D eigenvalue weighted by Gasteiger charge is 2.27. The minimum absolute atomic E-state index is 0.165. The summed E-state index contributed by atoms with van der Waals surface area (Å²) < 4.78 is 6.04. The predicted octanol–water partition coefficient (Wildman–Crippen LogP) is 4.91. The first kappa shape index (κ1) is 18.0. The first-order chi connectivity index (χ1) is 9.51. The van der Waals surface area contributed by atoms with Gasteiger partial charge in [0.05, 0.1) is 0 Å².